The second kappa shape index (κ2) is 5.83. The van der Waals surface area contributed by atoms with Crippen LogP contribution < -0.4 is 4.72 Å². The molecule has 0 unspecified atom stereocenters. The average Bonchev–Trinajstić information content (AvgIpc) is 2.38. The molecule has 2 aromatic rings. The first kappa shape index (κ1) is 14.8. The lowest BCUT2D eigenvalue weighted by Gasteiger charge is -2.12. The molecule has 0 amide bonds. The van der Waals surface area contributed by atoms with Gasteiger partial charge in [0.05, 0.1) is 17.3 Å². The molecule has 0 heterocycles. The Kier molecular flexibility index (Phi) is 4.32. The molecular weight excluding hydrogens is 298 g/mol. The van der Waals surface area contributed by atoms with E-state index in [9.17, 15) is 13.5 Å². The van der Waals surface area contributed by atoms with Crippen LogP contribution >= 0.6 is 11.6 Å². The van der Waals surface area contributed by atoms with Gasteiger partial charge in [0.15, 0.2) is 0 Å². The number of anilines is 1. The van der Waals surface area contributed by atoms with E-state index in [-0.39, 0.29) is 16.5 Å². The molecule has 0 aliphatic carbocycles. The Bertz CT molecular complexity index is 729. The molecule has 0 aromatic heterocycles. The number of halogens is 1. The van der Waals surface area contributed by atoms with Crippen LogP contribution in [0.1, 0.15) is 11.1 Å². The van der Waals surface area contributed by atoms with E-state index < -0.39 is 10.0 Å². The van der Waals surface area contributed by atoms with Crippen LogP contribution in [0.5, 0.6) is 0 Å². The van der Waals surface area contributed by atoms with Gasteiger partial charge in [-0.25, -0.2) is 8.42 Å². The third kappa shape index (κ3) is 3.12. The summed E-state index contributed by atoms with van der Waals surface area (Å²) in [5.41, 5.74) is 1.72. The zero-order valence-corrected chi connectivity index (χ0v) is 12.4. The van der Waals surface area contributed by atoms with Crippen molar-refractivity contribution in [2.75, 3.05) is 4.72 Å². The van der Waals surface area contributed by atoms with Crippen molar-refractivity contribution in [3.05, 3.63) is 58.6 Å². The van der Waals surface area contributed by atoms with Gasteiger partial charge in [0, 0.05) is 5.56 Å². The Morgan fingerprint density at radius 3 is 2.55 bits per heavy atom. The molecule has 20 heavy (non-hydrogen) atoms. The van der Waals surface area contributed by atoms with Gasteiger partial charge in [0.25, 0.3) is 10.0 Å². The predicted molar refractivity (Wildman–Crippen MR) is 79.4 cm³/mol. The van der Waals surface area contributed by atoms with E-state index in [4.69, 9.17) is 11.6 Å². The van der Waals surface area contributed by atoms with Gasteiger partial charge in [0.2, 0.25) is 0 Å². The molecule has 106 valence electrons. The Hall–Kier alpha value is -1.56. The maximum absolute atomic E-state index is 12.3. The largest absolute Gasteiger partial charge is 0.392 e. The second-order valence-electron chi connectivity index (χ2n) is 4.35. The molecule has 0 saturated heterocycles. The fraction of sp³-hybridized carbons (Fsp3) is 0.143. The van der Waals surface area contributed by atoms with E-state index in [1.165, 1.54) is 6.07 Å². The van der Waals surface area contributed by atoms with Crippen LogP contribution in [0, 0.1) is 6.92 Å². The molecule has 0 radical (unpaired) electrons. The number of nitrogens with one attached hydrogen (secondary N) is 1. The van der Waals surface area contributed by atoms with Crippen molar-refractivity contribution in [3.8, 4) is 0 Å². The first-order valence-electron chi connectivity index (χ1n) is 5.92. The predicted octanol–water partition coefficient (Wildman–Crippen LogP) is 2.94. The van der Waals surface area contributed by atoms with Crippen LogP contribution in [-0.4, -0.2) is 13.5 Å². The number of hydrogen-bond acceptors (Lipinski definition) is 3. The molecule has 4 nitrogen and oxygen atoms in total. The molecular formula is C14H14ClNO3S. The van der Waals surface area contributed by atoms with Gasteiger partial charge in [-0.3, -0.25) is 4.72 Å². The highest BCUT2D eigenvalue weighted by atomic mass is 35.5. The topological polar surface area (TPSA) is 66.4 Å². The van der Waals surface area contributed by atoms with Crippen molar-refractivity contribution in [1.82, 2.24) is 0 Å². The first-order valence-corrected chi connectivity index (χ1v) is 7.78. The summed E-state index contributed by atoms with van der Waals surface area (Å²) in [6, 6.07) is 11.4. The van der Waals surface area contributed by atoms with Crippen LogP contribution in [0.25, 0.3) is 0 Å². The number of sulfonamides is 1. The molecule has 0 bridgehead atoms. The monoisotopic (exact) mass is 311 g/mol. The van der Waals surface area contributed by atoms with Crippen LogP contribution in [0.3, 0.4) is 0 Å². The zero-order chi connectivity index (χ0) is 14.8. The lowest BCUT2D eigenvalue weighted by atomic mass is 10.2. The van der Waals surface area contributed by atoms with Crippen molar-refractivity contribution in [3.63, 3.8) is 0 Å². The van der Waals surface area contributed by atoms with Gasteiger partial charge < -0.3 is 5.11 Å². The number of aryl methyl sites for hydroxylation is 1. The number of para-hydroxylation sites is 1. The first-order chi connectivity index (χ1) is 9.44. The van der Waals surface area contributed by atoms with Gasteiger partial charge in [-0.15, -0.1) is 0 Å². The Morgan fingerprint density at radius 1 is 1.20 bits per heavy atom. The van der Waals surface area contributed by atoms with Crippen molar-refractivity contribution < 1.29 is 13.5 Å². The van der Waals surface area contributed by atoms with Gasteiger partial charge >= 0.3 is 0 Å². The third-order valence-electron chi connectivity index (χ3n) is 2.81. The minimum atomic E-state index is -3.79. The SMILES string of the molecule is Cc1ccc(S(=O)(=O)Nc2ccccc2CO)c(Cl)c1. The minimum absolute atomic E-state index is 0.0116. The molecule has 0 atom stereocenters. The van der Waals surface area contributed by atoms with E-state index >= 15 is 0 Å². The van der Waals surface area contributed by atoms with Crippen LogP contribution in [-0.2, 0) is 16.6 Å². The van der Waals surface area contributed by atoms with Crippen LogP contribution in [0.15, 0.2) is 47.4 Å². The maximum Gasteiger partial charge on any atom is 0.263 e. The number of aliphatic hydroxyl groups is 1. The van der Waals surface area contributed by atoms with Gasteiger partial charge in [0.1, 0.15) is 4.90 Å². The maximum atomic E-state index is 12.3. The van der Waals surface area contributed by atoms with Crippen LogP contribution in [0.4, 0.5) is 5.69 Å². The van der Waals surface area contributed by atoms with E-state index in [1.54, 1.807) is 36.4 Å². The summed E-state index contributed by atoms with van der Waals surface area (Å²) in [5.74, 6) is 0. The Morgan fingerprint density at radius 2 is 1.90 bits per heavy atom. The number of rotatable bonds is 4. The fourth-order valence-electron chi connectivity index (χ4n) is 1.78. The van der Waals surface area contributed by atoms with E-state index in [0.717, 1.165) is 5.56 Å². The quantitative estimate of drug-likeness (QED) is 0.912. The number of benzene rings is 2. The van der Waals surface area contributed by atoms with E-state index in [0.29, 0.717) is 11.3 Å². The Labute approximate surface area is 123 Å². The lowest BCUT2D eigenvalue weighted by Crippen LogP contribution is -2.14. The molecule has 0 spiro atoms. The summed E-state index contributed by atoms with van der Waals surface area (Å²) >= 11 is 5.99. The lowest BCUT2D eigenvalue weighted by molar-refractivity contribution is 0.282. The van der Waals surface area contributed by atoms with Crippen molar-refractivity contribution >= 4 is 27.3 Å². The van der Waals surface area contributed by atoms with Gasteiger partial charge in [-0.05, 0) is 30.7 Å². The summed E-state index contributed by atoms with van der Waals surface area (Å²) in [5, 5.41) is 9.38. The highest BCUT2D eigenvalue weighted by Crippen LogP contribution is 2.26. The summed E-state index contributed by atoms with van der Waals surface area (Å²) in [7, 11) is -3.79. The summed E-state index contributed by atoms with van der Waals surface area (Å²) in [4.78, 5) is 0.0116. The molecule has 2 rings (SSSR count). The summed E-state index contributed by atoms with van der Waals surface area (Å²) in [6.45, 7) is 1.58. The molecule has 2 N–H and O–H groups in total. The molecule has 0 saturated carbocycles. The van der Waals surface area contributed by atoms with E-state index in [2.05, 4.69) is 4.72 Å². The van der Waals surface area contributed by atoms with Crippen LogP contribution in [0.2, 0.25) is 5.02 Å². The highest BCUT2D eigenvalue weighted by molar-refractivity contribution is 7.92. The molecule has 2 aromatic carbocycles. The number of hydrogen-bond donors (Lipinski definition) is 2. The smallest absolute Gasteiger partial charge is 0.263 e. The molecule has 0 aliphatic rings. The molecule has 0 aliphatic heterocycles. The van der Waals surface area contributed by atoms with Crippen molar-refractivity contribution in [2.24, 2.45) is 0 Å². The second-order valence-corrected chi connectivity index (χ2v) is 6.41. The van der Waals surface area contributed by atoms with Gasteiger partial charge in [-0.1, -0.05) is 35.9 Å². The van der Waals surface area contributed by atoms with Crippen molar-refractivity contribution in [2.45, 2.75) is 18.4 Å². The minimum Gasteiger partial charge on any atom is -0.392 e. The average molecular weight is 312 g/mol. The van der Waals surface area contributed by atoms with E-state index in [1.807, 2.05) is 6.92 Å². The van der Waals surface area contributed by atoms with Crippen molar-refractivity contribution in [1.29, 1.82) is 0 Å². The number of aliphatic hydroxyl groups excluding tert-OH is 1. The third-order valence-corrected chi connectivity index (χ3v) is 4.66. The normalized spacial score (nSPS) is 11.3. The van der Waals surface area contributed by atoms with Gasteiger partial charge in [-0.2, -0.15) is 0 Å². The molecule has 0 fully saturated rings. The highest BCUT2D eigenvalue weighted by Gasteiger charge is 2.19. The summed E-state index contributed by atoms with van der Waals surface area (Å²) in [6.07, 6.45) is 0. The fourth-order valence-corrected chi connectivity index (χ4v) is 3.48. The zero-order valence-electron chi connectivity index (χ0n) is 10.8. The summed E-state index contributed by atoms with van der Waals surface area (Å²) < 4.78 is 27.1. The Balaban J connectivity index is 2.41. The standard InChI is InChI=1S/C14H14ClNO3S/c1-10-6-7-14(12(15)8-10)20(18,19)16-13-5-3-2-4-11(13)9-17/h2-8,16-17H,9H2,1H3. The molecule has 6 heteroatoms.